The molecule has 0 bridgehead atoms. The van der Waals surface area contributed by atoms with Crippen molar-refractivity contribution in [2.45, 2.75) is 75.7 Å². The summed E-state index contributed by atoms with van der Waals surface area (Å²) in [7, 11) is 0. The van der Waals surface area contributed by atoms with Crippen LogP contribution in [0.4, 0.5) is 0 Å². The smallest absolute Gasteiger partial charge is 0.520 e. The Kier molecular flexibility index (Phi) is 14.1. The molecule has 2 saturated carbocycles. The Balaban J connectivity index is 0. The molecule has 0 amide bonds. The summed E-state index contributed by atoms with van der Waals surface area (Å²) < 4.78 is 0. The van der Waals surface area contributed by atoms with Gasteiger partial charge in [-0.05, 0) is 59.2 Å². The van der Waals surface area contributed by atoms with Gasteiger partial charge in [0, 0.05) is 0 Å². The van der Waals surface area contributed by atoms with Crippen molar-refractivity contribution in [3.8, 4) is 0 Å². The van der Waals surface area contributed by atoms with Crippen LogP contribution >= 0.6 is 0 Å². The summed E-state index contributed by atoms with van der Waals surface area (Å²) in [4.78, 5) is 0. The van der Waals surface area contributed by atoms with Gasteiger partial charge in [0.1, 0.15) is 0 Å². The summed E-state index contributed by atoms with van der Waals surface area (Å²) in [6.07, 6.45) is 2.24. The van der Waals surface area contributed by atoms with Crippen LogP contribution in [-0.4, -0.2) is 0 Å². The quantitative estimate of drug-likeness (QED) is 0.339. The molecule has 0 saturated heterocycles. The Morgan fingerprint density at radius 3 is 0.640 bits per heavy atom. The van der Waals surface area contributed by atoms with Crippen molar-refractivity contribution in [2.24, 2.45) is 0 Å². The second-order valence-corrected chi connectivity index (χ2v) is 6.77. The zero-order valence-electron chi connectivity index (χ0n) is 18.1. The molecule has 2 fully saturated rings. The van der Waals surface area contributed by atoms with Crippen molar-refractivity contribution >= 4 is 0 Å². The van der Waals surface area contributed by atoms with Crippen LogP contribution in [0.3, 0.4) is 0 Å². The summed E-state index contributed by atoms with van der Waals surface area (Å²) >= 11 is 0. The summed E-state index contributed by atoms with van der Waals surface area (Å²) in [5.74, 6) is 14.7. The summed E-state index contributed by atoms with van der Waals surface area (Å²) in [6.45, 7) is 30.3. The van der Waals surface area contributed by atoms with E-state index >= 15 is 0 Å². The van der Waals surface area contributed by atoms with E-state index < -0.39 is 0 Å². The van der Waals surface area contributed by atoms with Gasteiger partial charge in [-0.2, -0.15) is 6.42 Å². The van der Waals surface area contributed by atoms with Gasteiger partial charge in [-0.1, -0.05) is 69.2 Å². The number of allylic oxidation sites excluding steroid dienone is 1. The van der Waals surface area contributed by atoms with E-state index in [1.165, 1.54) is 65.3 Å². The van der Waals surface area contributed by atoms with Crippen LogP contribution in [0.1, 0.15) is 75.7 Å². The van der Waals surface area contributed by atoms with E-state index in [2.05, 4.69) is 76.2 Å². The molecule has 0 atom stereocenters. The molecule has 2 rings (SSSR count). The van der Waals surface area contributed by atoms with Gasteiger partial charge in [0.2, 0.25) is 0 Å². The van der Waals surface area contributed by atoms with Gasteiger partial charge in [-0.15, -0.1) is 0 Å². The van der Waals surface area contributed by atoms with Gasteiger partial charge in [-0.25, -0.2) is 0 Å². The third-order valence-electron chi connectivity index (χ3n) is 5.79. The fourth-order valence-corrected chi connectivity index (χ4v) is 2.81. The minimum absolute atomic E-state index is 0. The Labute approximate surface area is 175 Å². The molecule has 0 nitrogen and oxygen atoms in total. The van der Waals surface area contributed by atoms with E-state index in [9.17, 15) is 0 Å². The van der Waals surface area contributed by atoms with Crippen LogP contribution in [0.5, 0.6) is 0 Å². The van der Waals surface area contributed by atoms with Gasteiger partial charge >= 0.3 is 21.7 Å². The molecule has 10 radical (unpaired) electrons. The van der Waals surface area contributed by atoms with Gasteiger partial charge in [0.15, 0.2) is 0 Å². The molecule has 0 N–H and O–H groups in total. The SMILES string of the molecule is C[C]1[C](C)[C](C)[C](C)[C]1C.C[C]1[C](C)[C](C)[C](C)[C]1C.[CH-]=CC[CH2-].[Ti+2]. The topological polar surface area (TPSA) is 0 Å². The molecule has 0 heterocycles. The average molecular weight is 372 g/mol. The van der Waals surface area contributed by atoms with Crippen molar-refractivity contribution in [3.05, 3.63) is 78.8 Å². The molecular weight excluding hydrogens is 336 g/mol. The van der Waals surface area contributed by atoms with Crippen molar-refractivity contribution < 1.29 is 21.7 Å². The molecule has 2 aliphatic carbocycles. The molecule has 136 valence electrons. The van der Waals surface area contributed by atoms with E-state index in [0.717, 1.165) is 6.42 Å². The minimum atomic E-state index is 0. The predicted molar refractivity (Wildman–Crippen MR) is 108 cm³/mol. The molecule has 0 aromatic rings. The van der Waals surface area contributed by atoms with E-state index in [1.54, 1.807) is 0 Å². The first-order chi connectivity index (χ1) is 11.0. The van der Waals surface area contributed by atoms with Crippen LogP contribution in [0.2, 0.25) is 0 Å². The van der Waals surface area contributed by atoms with E-state index in [4.69, 9.17) is 6.58 Å². The zero-order chi connectivity index (χ0) is 19.2. The molecule has 0 unspecified atom stereocenters. The fraction of sp³-hybridized carbons (Fsp3) is 0.458. The Bertz CT molecular complexity index is 230. The largest absolute Gasteiger partial charge is 2.00 e. The Morgan fingerprint density at radius 1 is 0.520 bits per heavy atom. The molecule has 0 aromatic carbocycles. The molecule has 2 aliphatic rings. The molecule has 25 heavy (non-hydrogen) atoms. The van der Waals surface area contributed by atoms with E-state index in [-0.39, 0.29) is 21.7 Å². The second-order valence-electron chi connectivity index (χ2n) is 6.77. The first kappa shape index (κ1) is 27.7. The molecule has 1 heteroatoms. The van der Waals surface area contributed by atoms with Crippen LogP contribution in [0.25, 0.3) is 0 Å². The average Bonchev–Trinajstić information content (AvgIpc) is 2.86. The maximum atomic E-state index is 4.84. The zero-order valence-corrected chi connectivity index (χ0v) is 19.6. The molecule has 0 spiro atoms. The second kappa shape index (κ2) is 12.8. The van der Waals surface area contributed by atoms with Gasteiger partial charge in [0.25, 0.3) is 0 Å². The standard InChI is InChI=1S/2C10H15.C4H6.Ti/c2*1-6-7(2)9(4)10(5)8(6)3;1-3-4-2;/h2*1-5H3;1,3H,2,4H2;/q;;-2;+2. The van der Waals surface area contributed by atoms with Crippen LogP contribution in [0.15, 0.2) is 6.08 Å². The Hall–Kier alpha value is 0.454. The van der Waals surface area contributed by atoms with Gasteiger partial charge < -0.3 is 19.6 Å². The third-order valence-corrected chi connectivity index (χ3v) is 5.79. The normalized spacial score (nSPS) is 23.8. The predicted octanol–water partition coefficient (Wildman–Crippen LogP) is 7.14. The fourth-order valence-electron chi connectivity index (χ4n) is 2.81. The van der Waals surface area contributed by atoms with Crippen LogP contribution in [-0.2, 0) is 21.7 Å². The molecule has 0 aliphatic heterocycles. The van der Waals surface area contributed by atoms with Crippen LogP contribution < -0.4 is 0 Å². The maximum absolute atomic E-state index is 4.84. The minimum Gasteiger partial charge on any atom is -0.520 e. The first-order valence-electron chi connectivity index (χ1n) is 8.74. The molecular formula is C24H36Ti. The van der Waals surface area contributed by atoms with Crippen molar-refractivity contribution in [3.63, 3.8) is 0 Å². The monoisotopic (exact) mass is 372 g/mol. The first-order valence-corrected chi connectivity index (χ1v) is 8.74. The van der Waals surface area contributed by atoms with Gasteiger partial charge in [-0.3, -0.25) is 0 Å². The molecule has 0 aromatic heterocycles. The third kappa shape index (κ3) is 7.17. The van der Waals surface area contributed by atoms with Crippen molar-refractivity contribution in [1.29, 1.82) is 0 Å². The van der Waals surface area contributed by atoms with E-state index in [1.807, 2.05) is 0 Å². The van der Waals surface area contributed by atoms with Crippen molar-refractivity contribution in [2.75, 3.05) is 0 Å². The number of hydrogen-bond acceptors (Lipinski definition) is 0. The maximum Gasteiger partial charge on any atom is 2.00 e. The summed E-state index contributed by atoms with van der Waals surface area (Å²) in [5.41, 5.74) is 0. The van der Waals surface area contributed by atoms with Crippen LogP contribution in [0, 0.1) is 72.7 Å². The van der Waals surface area contributed by atoms with Crippen molar-refractivity contribution in [1.82, 2.24) is 0 Å². The number of hydrogen-bond donors (Lipinski definition) is 0. The van der Waals surface area contributed by atoms with Gasteiger partial charge in [0.05, 0.1) is 0 Å². The van der Waals surface area contributed by atoms with E-state index in [0.29, 0.717) is 0 Å². The number of rotatable bonds is 1. The summed E-state index contributed by atoms with van der Waals surface area (Å²) in [6, 6.07) is 0. The Morgan fingerprint density at radius 2 is 0.600 bits per heavy atom. The summed E-state index contributed by atoms with van der Waals surface area (Å²) in [5, 5.41) is 0.